The Labute approximate surface area is 126 Å². The van der Waals surface area contributed by atoms with E-state index < -0.39 is 0 Å². The van der Waals surface area contributed by atoms with Crippen molar-refractivity contribution in [2.75, 3.05) is 5.32 Å². The maximum atomic E-state index is 12.2. The summed E-state index contributed by atoms with van der Waals surface area (Å²) in [6.07, 6.45) is 0.967. The van der Waals surface area contributed by atoms with E-state index in [1.807, 2.05) is 38.1 Å². The summed E-state index contributed by atoms with van der Waals surface area (Å²) in [7, 11) is 0. The number of hydrogen-bond acceptors (Lipinski definition) is 2. The number of benzene rings is 1. The SMILES string of the molecule is CCc1ccc(C(=O)Nc2c(C)cc(Br)cc2C)s1. The van der Waals surface area contributed by atoms with Gasteiger partial charge in [-0.1, -0.05) is 22.9 Å². The minimum atomic E-state index is -0.0294. The monoisotopic (exact) mass is 337 g/mol. The second kappa shape index (κ2) is 5.88. The molecule has 1 N–H and O–H groups in total. The van der Waals surface area contributed by atoms with E-state index in [2.05, 4.69) is 28.2 Å². The number of hydrogen-bond donors (Lipinski definition) is 1. The van der Waals surface area contributed by atoms with Gasteiger partial charge in [-0.05, 0) is 55.7 Å². The van der Waals surface area contributed by atoms with Crippen molar-refractivity contribution in [1.29, 1.82) is 0 Å². The van der Waals surface area contributed by atoms with Gasteiger partial charge < -0.3 is 5.32 Å². The highest BCUT2D eigenvalue weighted by atomic mass is 79.9. The number of nitrogens with one attached hydrogen (secondary N) is 1. The van der Waals surface area contributed by atoms with Crippen molar-refractivity contribution in [2.45, 2.75) is 27.2 Å². The number of anilines is 1. The second-order valence-corrected chi connectivity index (χ2v) is 6.57. The zero-order chi connectivity index (χ0) is 14.0. The molecule has 4 heteroatoms. The summed E-state index contributed by atoms with van der Waals surface area (Å²) in [5.41, 5.74) is 3.03. The van der Waals surface area contributed by atoms with Gasteiger partial charge >= 0.3 is 0 Å². The number of amides is 1. The molecule has 2 aromatic rings. The fourth-order valence-electron chi connectivity index (χ4n) is 1.97. The Bertz CT molecular complexity index is 595. The van der Waals surface area contributed by atoms with Crippen LogP contribution in [0.4, 0.5) is 5.69 Å². The number of rotatable bonds is 3. The first-order valence-corrected chi connectivity index (χ1v) is 7.79. The molecule has 0 radical (unpaired) electrons. The lowest BCUT2D eigenvalue weighted by Gasteiger charge is -2.11. The first-order valence-electron chi connectivity index (χ1n) is 6.18. The van der Waals surface area contributed by atoms with Crippen molar-refractivity contribution in [3.05, 3.63) is 49.6 Å². The summed E-state index contributed by atoms with van der Waals surface area (Å²) in [6, 6.07) is 7.92. The van der Waals surface area contributed by atoms with E-state index in [4.69, 9.17) is 0 Å². The van der Waals surface area contributed by atoms with Crippen molar-refractivity contribution in [3.63, 3.8) is 0 Å². The Kier molecular flexibility index (Phi) is 4.42. The van der Waals surface area contributed by atoms with Crippen LogP contribution in [0, 0.1) is 13.8 Å². The van der Waals surface area contributed by atoms with Crippen LogP contribution in [0.5, 0.6) is 0 Å². The number of carbonyl (C=O) groups excluding carboxylic acids is 1. The molecule has 1 heterocycles. The van der Waals surface area contributed by atoms with E-state index in [9.17, 15) is 4.79 Å². The van der Waals surface area contributed by atoms with Crippen molar-refractivity contribution in [1.82, 2.24) is 0 Å². The van der Waals surface area contributed by atoms with Crippen LogP contribution in [-0.4, -0.2) is 5.91 Å². The maximum absolute atomic E-state index is 12.2. The quantitative estimate of drug-likeness (QED) is 0.844. The number of thiophene rings is 1. The molecule has 0 aliphatic carbocycles. The molecule has 19 heavy (non-hydrogen) atoms. The summed E-state index contributed by atoms with van der Waals surface area (Å²) < 4.78 is 1.03. The van der Waals surface area contributed by atoms with Gasteiger partial charge in [0.05, 0.1) is 4.88 Å². The molecular weight excluding hydrogens is 322 g/mol. The smallest absolute Gasteiger partial charge is 0.265 e. The van der Waals surface area contributed by atoms with E-state index >= 15 is 0 Å². The third-order valence-corrected chi connectivity index (χ3v) is 4.66. The van der Waals surface area contributed by atoms with Crippen molar-refractivity contribution in [2.24, 2.45) is 0 Å². The van der Waals surface area contributed by atoms with Crippen LogP contribution in [0.3, 0.4) is 0 Å². The Morgan fingerprint density at radius 1 is 1.26 bits per heavy atom. The van der Waals surface area contributed by atoms with Gasteiger partial charge in [0, 0.05) is 15.0 Å². The van der Waals surface area contributed by atoms with Gasteiger partial charge in [0.2, 0.25) is 0 Å². The highest BCUT2D eigenvalue weighted by molar-refractivity contribution is 9.10. The molecule has 0 fully saturated rings. The summed E-state index contributed by atoms with van der Waals surface area (Å²) in [4.78, 5) is 14.2. The van der Waals surface area contributed by atoms with Gasteiger partial charge in [0.25, 0.3) is 5.91 Å². The van der Waals surface area contributed by atoms with Crippen molar-refractivity contribution < 1.29 is 4.79 Å². The van der Waals surface area contributed by atoms with E-state index in [0.717, 1.165) is 32.6 Å². The molecule has 0 aliphatic rings. The third-order valence-electron chi connectivity index (χ3n) is 2.97. The van der Waals surface area contributed by atoms with E-state index in [1.165, 1.54) is 4.88 Å². The zero-order valence-electron chi connectivity index (χ0n) is 11.2. The number of carbonyl (C=O) groups is 1. The second-order valence-electron chi connectivity index (χ2n) is 4.49. The molecule has 0 aliphatic heterocycles. The molecule has 0 bridgehead atoms. The minimum absolute atomic E-state index is 0.0294. The molecule has 0 spiro atoms. The van der Waals surface area contributed by atoms with Gasteiger partial charge in [-0.3, -0.25) is 4.79 Å². The van der Waals surface area contributed by atoms with Gasteiger partial charge in [0.15, 0.2) is 0 Å². The van der Waals surface area contributed by atoms with Gasteiger partial charge in [0.1, 0.15) is 0 Å². The highest BCUT2D eigenvalue weighted by Crippen LogP contribution is 2.26. The summed E-state index contributed by atoms with van der Waals surface area (Å²) in [5.74, 6) is -0.0294. The first-order chi connectivity index (χ1) is 9.01. The van der Waals surface area contributed by atoms with Crippen LogP contribution in [0.25, 0.3) is 0 Å². The molecule has 2 rings (SSSR count). The zero-order valence-corrected chi connectivity index (χ0v) is 13.6. The molecule has 0 saturated carbocycles. The van der Waals surface area contributed by atoms with Crippen molar-refractivity contribution in [3.8, 4) is 0 Å². The Balaban J connectivity index is 2.24. The van der Waals surface area contributed by atoms with Crippen LogP contribution in [-0.2, 0) is 6.42 Å². The maximum Gasteiger partial charge on any atom is 0.265 e. The Morgan fingerprint density at radius 2 is 1.89 bits per heavy atom. The molecule has 0 atom stereocenters. The fraction of sp³-hybridized carbons (Fsp3) is 0.267. The van der Waals surface area contributed by atoms with Crippen molar-refractivity contribution >= 4 is 38.9 Å². The standard InChI is InChI=1S/C15H16BrNOS/c1-4-12-5-6-13(19-12)15(18)17-14-9(2)7-11(16)8-10(14)3/h5-8H,4H2,1-3H3,(H,17,18). The summed E-state index contributed by atoms with van der Waals surface area (Å²) >= 11 is 5.01. The normalized spacial score (nSPS) is 10.5. The van der Waals surface area contributed by atoms with Crippen LogP contribution < -0.4 is 5.32 Å². The molecule has 100 valence electrons. The predicted molar refractivity (Wildman–Crippen MR) is 85.3 cm³/mol. The number of aryl methyl sites for hydroxylation is 3. The Hall–Kier alpha value is -1.13. The van der Waals surface area contributed by atoms with Gasteiger partial charge in [-0.25, -0.2) is 0 Å². The summed E-state index contributed by atoms with van der Waals surface area (Å²) in [5, 5.41) is 3.01. The molecule has 0 unspecified atom stereocenters. The van der Waals surface area contributed by atoms with E-state index in [0.29, 0.717) is 0 Å². The van der Waals surface area contributed by atoms with Gasteiger partial charge in [-0.2, -0.15) is 0 Å². The molecule has 1 amide bonds. The first kappa shape index (κ1) is 14.3. The van der Waals surface area contributed by atoms with E-state index in [1.54, 1.807) is 11.3 Å². The van der Waals surface area contributed by atoms with Crippen LogP contribution in [0.2, 0.25) is 0 Å². The molecule has 0 saturated heterocycles. The molecule has 2 nitrogen and oxygen atoms in total. The lowest BCUT2D eigenvalue weighted by atomic mass is 10.1. The van der Waals surface area contributed by atoms with E-state index in [-0.39, 0.29) is 5.91 Å². The molecule has 1 aromatic carbocycles. The number of halogens is 1. The molecular formula is C15H16BrNOS. The lowest BCUT2D eigenvalue weighted by Crippen LogP contribution is -2.12. The van der Waals surface area contributed by atoms with Crippen LogP contribution in [0.1, 0.15) is 32.6 Å². The predicted octanol–water partition coefficient (Wildman–Crippen LogP) is 4.94. The van der Waals surface area contributed by atoms with Crippen LogP contribution in [0.15, 0.2) is 28.7 Å². The lowest BCUT2D eigenvalue weighted by molar-refractivity contribution is 0.103. The largest absolute Gasteiger partial charge is 0.321 e. The summed E-state index contributed by atoms with van der Waals surface area (Å²) in [6.45, 7) is 6.09. The van der Waals surface area contributed by atoms with Gasteiger partial charge in [-0.15, -0.1) is 11.3 Å². The minimum Gasteiger partial charge on any atom is -0.321 e. The fourth-order valence-corrected chi connectivity index (χ4v) is 3.50. The Morgan fingerprint density at radius 3 is 2.42 bits per heavy atom. The van der Waals surface area contributed by atoms with Crippen LogP contribution >= 0.6 is 27.3 Å². The average Bonchev–Trinajstić information content (AvgIpc) is 2.82. The topological polar surface area (TPSA) is 29.1 Å². The highest BCUT2D eigenvalue weighted by Gasteiger charge is 2.12. The average molecular weight is 338 g/mol. The molecule has 1 aromatic heterocycles. The third kappa shape index (κ3) is 3.25.